The van der Waals surface area contributed by atoms with Gasteiger partial charge in [-0.25, -0.2) is 0 Å². The van der Waals surface area contributed by atoms with Gasteiger partial charge in [-0.05, 0) is 30.4 Å². The lowest BCUT2D eigenvalue weighted by atomic mass is 9.99. The summed E-state index contributed by atoms with van der Waals surface area (Å²) in [6.07, 6.45) is 5.87. The van der Waals surface area contributed by atoms with Crippen molar-refractivity contribution < 1.29 is 9.21 Å². The van der Waals surface area contributed by atoms with Gasteiger partial charge < -0.3 is 9.32 Å². The monoisotopic (exact) mass is 343 g/mol. The third-order valence-corrected chi connectivity index (χ3v) is 4.90. The number of nitrogens with zero attached hydrogens (tertiary/aromatic N) is 3. The maximum Gasteiger partial charge on any atom is 0.277 e. The van der Waals surface area contributed by atoms with Gasteiger partial charge in [0.05, 0.1) is 5.75 Å². The maximum absolute atomic E-state index is 12.2. The average Bonchev–Trinajstić information content (AvgIpc) is 3.07. The molecule has 0 N–H and O–H groups in total. The lowest BCUT2D eigenvalue weighted by Gasteiger charge is -2.30. The van der Waals surface area contributed by atoms with Gasteiger partial charge in [-0.3, -0.25) is 4.79 Å². The highest BCUT2D eigenvalue weighted by molar-refractivity contribution is 7.99. The summed E-state index contributed by atoms with van der Waals surface area (Å²) in [7, 11) is 0. The van der Waals surface area contributed by atoms with Crippen LogP contribution in [0.3, 0.4) is 0 Å². The molecule has 0 radical (unpaired) electrons. The molecule has 1 aromatic carbocycles. The second kappa shape index (κ2) is 8.15. The van der Waals surface area contributed by atoms with Crippen LogP contribution in [0.1, 0.15) is 31.2 Å². The molecule has 3 rings (SSSR count). The fourth-order valence-corrected chi connectivity index (χ4v) is 3.22. The summed E-state index contributed by atoms with van der Waals surface area (Å²) in [6, 6.07) is 9.92. The molecule has 0 spiro atoms. The molecule has 126 valence electrons. The molecule has 0 bridgehead atoms. The van der Waals surface area contributed by atoms with Crippen molar-refractivity contribution in [1.82, 2.24) is 15.1 Å². The van der Waals surface area contributed by atoms with Crippen LogP contribution < -0.4 is 0 Å². The molecule has 1 aliphatic rings. The number of aromatic nitrogens is 2. The number of amides is 1. The molecule has 0 atom stereocenters. The first-order valence-electron chi connectivity index (χ1n) is 8.18. The van der Waals surface area contributed by atoms with Gasteiger partial charge in [0.15, 0.2) is 0 Å². The highest BCUT2D eigenvalue weighted by Crippen LogP contribution is 2.20. The molecule has 0 unspecified atom stereocenters. The van der Waals surface area contributed by atoms with E-state index in [-0.39, 0.29) is 5.91 Å². The number of carbonyl (C=O) groups is 1. The van der Waals surface area contributed by atoms with E-state index in [1.165, 1.54) is 11.8 Å². The standard InChI is InChI=1S/C18H21N3O2S/c1-14-9-11-21(12-10-14)17(22)13-24-18-20-19-16(23-18)8-7-15-5-3-2-4-6-15/h2-8,14H,9-13H2,1H3/b8-7+. The number of hydrogen-bond donors (Lipinski definition) is 0. The summed E-state index contributed by atoms with van der Waals surface area (Å²) < 4.78 is 5.54. The van der Waals surface area contributed by atoms with Crippen LogP contribution in [0.4, 0.5) is 0 Å². The second-order valence-electron chi connectivity index (χ2n) is 6.00. The average molecular weight is 343 g/mol. The molecular formula is C18H21N3O2S. The first-order valence-corrected chi connectivity index (χ1v) is 9.16. The Balaban J connectivity index is 1.49. The van der Waals surface area contributed by atoms with Crippen LogP contribution >= 0.6 is 11.8 Å². The first-order chi connectivity index (χ1) is 11.7. The van der Waals surface area contributed by atoms with Crippen molar-refractivity contribution in [3.63, 3.8) is 0 Å². The molecule has 1 saturated heterocycles. The van der Waals surface area contributed by atoms with Crippen LogP contribution in [-0.4, -0.2) is 39.8 Å². The van der Waals surface area contributed by atoms with Crippen molar-refractivity contribution in [2.24, 2.45) is 5.92 Å². The Bertz CT molecular complexity index is 691. The van der Waals surface area contributed by atoms with Gasteiger partial charge in [-0.1, -0.05) is 49.0 Å². The van der Waals surface area contributed by atoms with Crippen molar-refractivity contribution in [2.75, 3.05) is 18.8 Å². The predicted molar refractivity (Wildman–Crippen MR) is 95.4 cm³/mol. The lowest BCUT2D eigenvalue weighted by molar-refractivity contribution is -0.129. The quantitative estimate of drug-likeness (QED) is 0.777. The Morgan fingerprint density at radius 3 is 2.75 bits per heavy atom. The van der Waals surface area contributed by atoms with E-state index in [9.17, 15) is 4.79 Å². The van der Waals surface area contributed by atoms with E-state index >= 15 is 0 Å². The van der Waals surface area contributed by atoms with E-state index in [2.05, 4.69) is 17.1 Å². The van der Waals surface area contributed by atoms with Crippen molar-refractivity contribution in [3.05, 3.63) is 41.8 Å². The minimum atomic E-state index is 0.145. The van der Waals surface area contributed by atoms with Gasteiger partial charge >= 0.3 is 0 Å². The zero-order valence-electron chi connectivity index (χ0n) is 13.7. The minimum absolute atomic E-state index is 0.145. The van der Waals surface area contributed by atoms with Gasteiger partial charge in [0.2, 0.25) is 11.8 Å². The molecule has 0 aliphatic carbocycles. The number of piperidine rings is 1. The molecule has 0 saturated carbocycles. The van der Waals surface area contributed by atoms with Crippen molar-refractivity contribution in [2.45, 2.75) is 25.0 Å². The Kier molecular flexibility index (Phi) is 5.69. The van der Waals surface area contributed by atoms with Crippen molar-refractivity contribution >= 4 is 29.8 Å². The van der Waals surface area contributed by atoms with E-state index in [0.717, 1.165) is 37.4 Å². The number of benzene rings is 1. The second-order valence-corrected chi connectivity index (χ2v) is 6.93. The van der Waals surface area contributed by atoms with Gasteiger partial charge in [0.25, 0.3) is 5.22 Å². The number of likely N-dealkylation sites (tertiary alicyclic amines) is 1. The predicted octanol–water partition coefficient (Wildman–Crippen LogP) is 3.59. The number of thioether (sulfide) groups is 1. The van der Waals surface area contributed by atoms with Crippen LogP contribution in [0.15, 0.2) is 40.0 Å². The molecule has 1 amide bonds. The summed E-state index contributed by atoms with van der Waals surface area (Å²) >= 11 is 1.30. The largest absolute Gasteiger partial charge is 0.412 e. The SMILES string of the molecule is CC1CCN(C(=O)CSc2nnc(/C=C/c3ccccc3)o2)CC1. The fraction of sp³-hybridized carbons (Fsp3) is 0.389. The third kappa shape index (κ3) is 4.71. The van der Waals surface area contributed by atoms with Crippen molar-refractivity contribution in [3.8, 4) is 0 Å². The van der Waals surface area contributed by atoms with Crippen LogP contribution in [-0.2, 0) is 4.79 Å². The molecule has 1 fully saturated rings. The molecule has 5 nitrogen and oxygen atoms in total. The van der Waals surface area contributed by atoms with E-state index in [1.807, 2.05) is 41.3 Å². The van der Waals surface area contributed by atoms with Gasteiger partial charge in [-0.2, -0.15) is 0 Å². The Morgan fingerprint density at radius 1 is 1.25 bits per heavy atom. The van der Waals surface area contributed by atoms with E-state index in [1.54, 1.807) is 6.08 Å². The first kappa shape index (κ1) is 16.8. The summed E-state index contributed by atoms with van der Waals surface area (Å²) in [4.78, 5) is 14.1. The maximum atomic E-state index is 12.2. The van der Waals surface area contributed by atoms with E-state index < -0.39 is 0 Å². The molecule has 1 aromatic heterocycles. The summed E-state index contributed by atoms with van der Waals surface area (Å²) in [6.45, 7) is 3.95. The Morgan fingerprint density at radius 2 is 2.00 bits per heavy atom. The van der Waals surface area contributed by atoms with Crippen LogP contribution in [0.25, 0.3) is 12.2 Å². The van der Waals surface area contributed by atoms with Crippen LogP contribution in [0, 0.1) is 5.92 Å². The summed E-state index contributed by atoms with van der Waals surface area (Å²) in [5, 5.41) is 8.40. The summed E-state index contributed by atoms with van der Waals surface area (Å²) in [5.41, 5.74) is 1.07. The van der Waals surface area contributed by atoms with Gasteiger partial charge in [-0.15, -0.1) is 10.2 Å². The zero-order valence-corrected chi connectivity index (χ0v) is 14.5. The Hall–Kier alpha value is -2.08. The normalized spacial score (nSPS) is 16.0. The topological polar surface area (TPSA) is 59.2 Å². The third-order valence-electron chi connectivity index (χ3n) is 4.10. The zero-order chi connectivity index (χ0) is 16.8. The highest BCUT2D eigenvalue weighted by Gasteiger charge is 2.20. The molecule has 2 aromatic rings. The number of hydrogen-bond acceptors (Lipinski definition) is 5. The van der Waals surface area contributed by atoms with Crippen LogP contribution in [0.5, 0.6) is 0 Å². The van der Waals surface area contributed by atoms with E-state index in [0.29, 0.717) is 16.9 Å². The minimum Gasteiger partial charge on any atom is -0.412 e. The summed E-state index contributed by atoms with van der Waals surface area (Å²) in [5.74, 6) is 1.65. The smallest absolute Gasteiger partial charge is 0.277 e. The number of rotatable bonds is 5. The van der Waals surface area contributed by atoms with Gasteiger partial charge in [0, 0.05) is 19.2 Å². The Labute approximate surface area is 146 Å². The van der Waals surface area contributed by atoms with Crippen molar-refractivity contribution in [1.29, 1.82) is 0 Å². The van der Waals surface area contributed by atoms with Crippen LogP contribution in [0.2, 0.25) is 0 Å². The van der Waals surface area contributed by atoms with Gasteiger partial charge in [0.1, 0.15) is 0 Å². The molecule has 24 heavy (non-hydrogen) atoms. The molecule has 1 aliphatic heterocycles. The lowest BCUT2D eigenvalue weighted by Crippen LogP contribution is -2.38. The molecular weight excluding hydrogens is 322 g/mol. The highest BCUT2D eigenvalue weighted by atomic mass is 32.2. The molecule has 2 heterocycles. The number of carbonyl (C=O) groups excluding carboxylic acids is 1. The van der Waals surface area contributed by atoms with E-state index in [4.69, 9.17) is 4.42 Å². The fourth-order valence-electron chi connectivity index (χ4n) is 2.55. The molecule has 6 heteroatoms.